The number of hydrogen-bond acceptors (Lipinski definition) is 4. The summed E-state index contributed by atoms with van der Waals surface area (Å²) >= 11 is 0. The summed E-state index contributed by atoms with van der Waals surface area (Å²) in [5.41, 5.74) is 3.99. The molecular weight excluding hydrogens is 408 g/mol. The van der Waals surface area contributed by atoms with E-state index in [-0.39, 0.29) is 17.4 Å². The van der Waals surface area contributed by atoms with E-state index >= 15 is 0 Å². The first-order valence-electron chi connectivity index (χ1n) is 10.1. The third-order valence-corrected chi connectivity index (χ3v) is 5.47. The zero-order valence-electron chi connectivity index (χ0n) is 17.5. The molecule has 7 heteroatoms. The average molecular weight is 430 g/mol. The van der Waals surface area contributed by atoms with Gasteiger partial charge in [0.2, 0.25) is 0 Å². The highest BCUT2D eigenvalue weighted by Gasteiger charge is 2.25. The van der Waals surface area contributed by atoms with Crippen LogP contribution in [0.1, 0.15) is 47.8 Å². The number of rotatable bonds is 6. The number of amides is 2. The molecule has 1 heterocycles. The number of carbonyl (C=O) groups is 3. The van der Waals surface area contributed by atoms with Gasteiger partial charge in [0.15, 0.2) is 0 Å². The summed E-state index contributed by atoms with van der Waals surface area (Å²) in [4.78, 5) is 38.1. The molecule has 0 aromatic heterocycles. The number of carboxylic acid groups (broad SMARTS) is 1. The normalized spacial score (nSPS) is 12.2. The SMILES string of the molecule is COc1ccc(CNC(=O)c2ccc3c(c2)CN(C(=O)c2ccc(C(=O)O)cc2)C3)cc1. The highest BCUT2D eigenvalue weighted by Crippen LogP contribution is 2.25. The molecule has 0 saturated heterocycles. The second-order valence-corrected chi connectivity index (χ2v) is 7.56. The third kappa shape index (κ3) is 4.46. The van der Waals surface area contributed by atoms with Crippen molar-refractivity contribution in [2.75, 3.05) is 7.11 Å². The van der Waals surface area contributed by atoms with E-state index in [1.807, 2.05) is 36.4 Å². The first-order valence-corrected chi connectivity index (χ1v) is 10.1. The first-order chi connectivity index (χ1) is 15.4. The highest BCUT2D eigenvalue weighted by molar-refractivity contribution is 5.97. The summed E-state index contributed by atoms with van der Waals surface area (Å²) in [5, 5.41) is 11.9. The Morgan fingerprint density at radius 2 is 1.50 bits per heavy atom. The fraction of sp³-hybridized carbons (Fsp3) is 0.160. The molecule has 0 aliphatic carbocycles. The number of nitrogens with zero attached hydrogens (tertiary/aromatic N) is 1. The molecule has 0 bridgehead atoms. The van der Waals surface area contributed by atoms with E-state index in [2.05, 4.69) is 5.32 Å². The number of ether oxygens (including phenoxy) is 1. The van der Waals surface area contributed by atoms with Gasteiger partial charge in [-0.05, 0) is 65.2 Å². The Kier molecular flexibility index (Phi) is 5.89. The molecule has 0 spiro atoms. The lowest BCUT2D eigenvalue weighted by Gasteiger charge is -2.15. The monoisotopic (exact) mass is 430 g/mol. The number of hydrogen-bond donors (Lipinski definition) is 2. The molecule has 7 nitrogen and oxygen atoms in total. The summed E-state index contributed by atoms with van der Waals surface area (Å²) < 4.78 is 5.14. The van der Waals surface area contributed by atoms with Crippen LogP contribution in [-0.4, -0.2) is 34.9 Å². The number of carboxylic acids is 1. The van der Waals surface area contributed by atoms with Crippen molar-refractivity contribution in [2.24, 2.45) is 0 Å². The second-order valence-electron chi connectivity index (χ2n) is 7.56. The third-order valence-electron chi connectivity index (χ3n) is 5.47. The van der Waals surface area contributed by atoms with Crippen LogP contribution in [0.2, 0.25) is 0 Å². The number of aromatic carboxylic acids is 1. The van der Waals surface area contributed by atoms with E-state index in [9.17, 15) is 14.4 Å². The van der Waals surface area contributed by atoms with E-state index in [4.69, 9.17) is 9.84 Å². The van der Waals surface area contributed by atoms with Gasteiger partial charge in [-0.25, -0.2) is 4.79 Å². The predicted octanol–water partition coefficient (Wildman–Crippen LogP) is 3.48. The Balaban J connectivity index is 1.39. The maximum atomic E-state index is 12.8. The van der Waals surface area contributed by atoms with Gasteiger partial charge in [-0.15, -0.1) is 0 Å². The first kappa shape index (κ1) is 21.1. The van der Waals surface area contributed by atoms with Gasteiger partial charge in [0.25, 0.3) is 11.8 Å². The second kappa shape index (κ2) is 8.93. The molecule has 0 radical (unpaired) electrons. The van der Waals surface area contributed by atoms with Crippen LogP contribution in [0.3, 0.4) is 0 Å². The maximum Gasteiger partial charge on any atom is 0.335 e. The minimum absolute atomic E-state index is 0.136. The van der Waals surface area contributed by atoms with E-state index < -0.39 is 5.97 Å². The fourth-order valence-corrected chi connectivity index (χ4v) is 3.65. The van der Waals surface area contributed by atoms with Crippen LogP contribution < -0.4 is 10.1 Å². The number of carbonyl (C=O) groups excluding carboxylic acids is 2. The number of benzene rings is 3. The Labute approximate surface area is 185 Å². The van der Waals surface area contributed by atoms with Gasteiger partial charge in [0.1, 0.15) is 5.75 Å². The maximum absolute atomic E-state index is 12.8. The van der Waals surface area contributed by atoms with Gasteiger partial charge in [-0.1, -0.05) is 18.2 Å². The number of nitrogens with one attached hydrogen (secondary N) is 1. The Bertz CT molecular complexity index is 1170. The molecule has 3 aromatic carbocycles. The molecule has 0 unspecified atom stereocenters. The van der Waals surface area contributed by atoms with Crippen molar-refractivity contribution in [3.63, 3.8) is 0 Å². The lowest BCUT2D eigenvalue weighted by atomic mass is 10.1. The smallest absolute Gasteiger partial charge is 0.335 e. The quantitative estimate of drug-likeness (QED) is 0.624. The van der Waals surface area contributed by atoms with Crippen molar-refractivity contribution in [3.05, 3.63) is 100 Å². The lowest BCUT2D eigenvalue weighted by molar-refractivity contribution is 0.0693. The summed E-state index contributed by atoms with van der Waals surface area (Å²) in [5.74, 6) is -0.632. The summed E-state index contributed by atoms with van der Waals surface area (Å²) in [7, 11) is 1.61. The molecule has 1 aliphatic rings. The largest absolute Gasteiger partial charge is 0.497 e. The summed E-state index contributed by atoms with van der Waals surface area (Å²) in [6.07, 6.45) is 0. The van der Waals surface area contributed by atoms with E-state index in [1.54, 1.807) is 18.1 Å². The van der Waals surface area contributed by atoms with Gasteiger partial charge in [-0.2, -0.15) is 0 Å². The van der Waals surface area contributed by atoms with Crippen molar-refractivity contribution < 1.29 is 24.2 Å². The van der Waals surface area contributed by atoms with Crippen molar-refractivity contribution in [3.8, 4) is 5.75 Å². The van der Waals surface area contributed by atoms with E-state index in [0.717, 1.165) is 22.4 Å². The molecule has 4 rings (SSSR count). The van der Waals surface area contributed by atoms with Gasteiger partial charge in [0, 0.05) is 30.8 Å². The van der Waals surface area contributed by atoms with Gasteiger partial charge in [0.05, 0.1) is 12.7 Å². The van der Waals surface area contributed by atoms with Crippen LogP contribution >= 0.6 is 0 Å². The molecule has 0 atom stereocenters. The van der Waals surface area contributed by atoms with Crippen LogP contribution in [0.5, 0.6) is 5.75 Å². The van der Waals surface area contributed by atoms with Crippen LogP contribution in [0, 0.1) is 0 Å². The molecule has 2 amide bonds. The minimum atomic E-state index is -1.03. The Morgan fingerprint density at radius 1 is 0.875 bits per heavy atom. The van der Waals surface area contributed by atoms with Gasteiger partial charge in [-0.3, -0.25) is 9.59 Å². The number of methoxy groups -OCH3 is 1. The van der Waals surface area contributed by atoms with Crippen molar-refractivity contribution in [2.45, 2.75) is 19.6 Å². The Morgan fingerprint density at radius 3 is 2.16 bits per heavy atom. The topological polar surface area (TPSA) is 95.9 Å². The van der Waals surface area contributed by atoms with E-state index in [0.29, 0.717) is 30.8 Å². The van der Waals surface area contributed by atoms with Crippen molar-refractivity contribution in [1.29, 1.82) is 0 Å². The standard InChI is InChI=1S/C25H22N2O5/c1-32-22-10-2-16(3-11-22)13-26-23(28)19-8-9-20-14-27(15-21(20)12-19)24(29)17-4-6-18(7-5-17)25(30)31/h2-12H,13-15H2,1H3,(H,26,28)(H,30,31). The van der Waals surface area contributed by atoms with Crippen LogP contribution in [0.4, 0.5) is 0 Å². The molecule has 32 heavy (non-hydrogen) atoms. The van der Waals surface area contributed by atoms with Crippen molar-refractivity contribution >= 4 is 17.8 Å². The highest BCUT2D eigenvalue weighted by atomic mass is 16.5. The van der Waals surface area contributed by atoms with Gasteiger partial charge < -0.3 is 20.1 Å². The summed E-state index contributed by atoms with van der Waals surface area (Å²) in [6, 6.07) is 18.8. The molecule has 0 saturated carbocycles. The average Bonchev–Trinajstić information content (AvgIpc) is 3.26. The fourth-order valence-electron chi connectivity index (χ4n) is 3.65. The minimum Gasteiger partial charge on any atom is -0.497 e. The molecular formula is C25H22N2O5. The van der Waals surface area contributed by atoms with Crippen LogP contribution in [-0.2, 0) is 19.6 Å². The van der Waals surface area contributed by atoms with Crippen molar-refractivity contribution in [1.82, 2.24) is 10.2 Å². The number of fused-ring (bicyclic) bond motifs is 1. The Hall–Kier alpha value is -4.13. The lowest BCUT2D eigenvalue weighted by Crippen LogP contribution is -2.25. The van der Waals surface area contributed by atoms with E-state index in [1.165, 1.54) is 24.3 Å². The zero-order chi connectivity index (χ0) is 22.7. The van der Waals surface area contributed by atoms with Crippen LogP contribution in [0.15, 0.2) is 66.7 Å². The zero-order valence-corrected chi connectivity index (χ0v) is 17.5. The molecule has 1 aliphatic heterocycles. The van der Waals surface area contributed by atoms with Gasteiger partial charge >= 0.3 is 5.97 Å². The molecule has 162 valence electrons. The molecule has 3 aromatic rings. The molecule has 0 fully saturated rings. The molecule has 2 N–H and O–H groups in total. The van der Waals surface area contributed by atoms with Crippen LogP contribution in [0.25, 0.3) is 0 Å². The summed E-state index contributed by atoms with van der Waals surface area (Å²) in [6.45, 7) is 1.24. The predicted molar refractivity (Wildman–Crippen MR) is 118 cm³/mol.